The van der Waals surface area contributed by atoms with Crippen molar-refractivity contribution in [2.75, 3.05) is 6.54 Å². The molecule has 1 saturated heterocycles. The van der Waals surface area contributed by atoms with Gasteiger partial charge in [0.25, 0.3) is 0 Å². The van der Waals surface area contributed by atoms with Crippen molar-refractivity contribution in [1.29, 1.82) is 0 Å². The molecule has 1 heterocycles. The third-order valence-corrected chi connectivity index (χ3v) is 3.38. The zero-order valence-electron chi connectivity index (χ0n) is 10.7. The van der Waals surface area contributed by atoms with Gasteiger partial charge in [-0.25, -0.2) is 0 Å². The van der Waals surface area contributed by atoms with Crippen molar-refractivity contribution in [2.24, 2.45) is 11.1 Å². The van der Waals surface area contributed by atoms with Crippen LogP contribution >= 0.6 is 0 Å². The molecular weight excluding hydrogens is 228 g/mol. The van der Waals surface area contributed by atoms with Gasteiger partial charge < -0.3 is 10.6 Å². The van der Waals surface area contributed by atoms with Gasteiger partial charge in [0.05, 0.1) is 5.41 Å². The molecular formula is C14H18N2O2. The first-order valence-electron chi connectivity index (χ1n) is 6.06. The van der Waals surface area contributed by atoms with Crippen LogP contribution in [0.3, 0.4) is 0 Å². The molecule has 2 rings (SSSR count). The van der Waals surface area contributed by atoms with Gasteiger partial charge in [-0.15, -0.1) is 0 Å². The molecule has 1 aliphatic rings. The summed E-state index contributed by atoms with van der Waals surface area (Å²) in [6.45, 7) is 4.35. The summed E-state index contributed by atoms with van der Waals surface area (Å²) in [7, 11) is 0. The van der Waals surface area contributed by atoms with E-state index in [4.69, 9.17) is 5.73 Å². The van der Waals surface area contributed by atoms with Gasteiger partial charge in [0.2, 0.25) is 11.8 Å². The zero-order valence-corrected chi connectivity index (χ0v) is 10.7. The van der Waals surface area contributed by atoms with Gasteiger partial charge in [0, 0.05) is 13.0 Å². The van der Waals surface area contributed by atoms with E-state index >= 15 is 0 Å². The first kappa shape index (κ1) is 12.6. The van der Waals surface area contributed by atoms with E-state index in [2.05, 4.69) is 0 Å². The smallest absolute Gasteiger partial charge is 0.240 e. The molecule has 0 aliphatic carbocycles. The molecule has 0 saturated carbocycles. The van der Waals surface area contributed by atoms with Crippen molar-refractivity contribution in [2.45, 2.75) is 26.3 Å². The highest BCUT2D eigenvalue weighted by molar-refractivity contribution is 5.93. The third kappa shape index (κ3) is 2.23. The van der Waals surface area contributed by atoms with Crippen LogP contribution in [-0.4, -0.2) is 29.3 Å². The summed E-state index contributed by atoms with van der Waals surface area (Å²) >= 11 is 0. The maximum Gasteiger partial charge on any atom is 0.240 e. The van der Waals surface area contributed by atoms with Gasteiger partial charge in [-0.3, -0.25) is 9.59 Å². The predicted octanol–water partition coefficient (Wildman–Crippen LogP) is 0.951. The van der Waals surface area contributed by atoms with Crippen LogP contribution in [0.2, 0.25) is 0 Å². The Labute approximate surface area is 107 Å². The molecule has 0 aromatic heterocycles. The van der Waals surface area contributed by atoms with E-state index in [9.17, 15) is 9.59 Å². The number of hydrogen-bond donors (Lipinski definition) is 1. The number of hydrogen-bond acceptors (Lipinski definition) is 2. The second-order valence-electron chi connectivity index (χ2n) is 5.42. The minimum Gasteiger partial charge on any atom is -0.368 e. The lowest BCUT2D eigenvalue weighted by atomic mass is 9.81. The minimum atomic E-state index is -0.534. The normalized spacial score (nSPS) is 19.2. The Balaban J connectivity index is 2.12. The van der Waals surface area contributed by atoms with Gasteiger partial charge in [-0.1, -0.05) is 30.3 Å². The van der Waals surface area contributed by atoms with Crippen LogP contribution in [0, 0.1) is 5.41 Å². The summed E-state index contributed by atoms with van der Waals surface area (Å²) < 4.78 is 0. The average molecular weight is 246 g/mol. The van der Waals surface area contributed by atoms with Crippen molar-refractivity contribution in [3.8, 4) is 0 Å². The maximum atomic E-state index is 11.9. The Bertz CT molecular complexity index is 468. The van der Waals surface area contributed by atoms with Crippen LogP contribution in [0.15, 0.2) is 30.3 Å². The topological polar surface area (TPSA) is 63.4 Å². The van der Waals surface area contributed by atoms with Crippen molar-refractivity contribution in [3.63, 3.8) is 0 Å². The lowest BCUT2D eigenvalue weighted by Gasteiger charge is -2.47. The molecule has 1 unspecified atom stereocenters. The third-order valence-electron chi connectivity index (χ3n) is 3.38. The lowest BCUT2D eigenvalue weighted by molar-refractivity contribution is -0.163. The van der Waals surface area contributed by atoms with Crippen LogP contribution < -0.4 is 5.73 Å². The molecule has 1 aromatic rings. The fraction of sp³-hybridized carbons (Fsp3) is 0.429. The fourth-order valence-electron chi connectivity index (χ4n) is 2.32. The minimum absolute atomic E-state index is 0.00207. The number of rotatable bonds is 4. The molecule has 0 bridgehead atoms. The number of carbonyl (C=O) groups is 2. The summed E-state index contributed by atoms with van der Waals surface area (Å²) in [6.07, 6.45) is 0.484. The quantitative estimate of drug-likeness (QED) is 0.804. The Kier molecular flexibility index (Phi) is 3.11. The molecule has 1 aliphatic heterocycles. The molecule has 2 amide bonds. The monoisotopic (exact) mass is 246 g/mol. The lowest BCUT2D eigenvalue weighted by Crippen LogP contribution is -2.65. The van der Waals surface area contributed by atoms with Gasteiger partial charge in [0.1, 0.15) is 6.04 Å². The molecule has 1 atom stereocenters. The van der Waals surface area contributed by atoms with Crippen LogP contribution in [0.1, 0.15) is 19.4 Å². The maximum absolute atomic E-state index is 11.9. The number of nitrogens with zero attached hydrogens (tertiary/aromatic N) is 1. The van der Waals surface area contributed by atoms with E-state index in [0.717, 1.165) is 5.56 Å². The number of β-lactam (4-membered cyclic amide) rings is 1. The van der Waals surface area contributed by atoms with E-state index < -0.39 is 11.9 Å². The van der Waals surface area contributed by atoms with Gasteiger partial charge >= 0.3 is 0 Å². The highest BCUT2D eigenvalue weighted by atomic mass is 16.2. The van der Waals surface area contributed by atoms with Gasteiger partial charge in [-0.2, -0.15) is 0 Å². The second-order valence-corrected chi connectivity index (χ2v) is 5.42. The Hall–Kier alpha value is -1.84. The molecule has 96 valence electrons. The van der Waals surface area contributed by atoms with E-state index in [0.29, 0.717) is 13.0 Å². The molecule has 18 heavy (non-hydrogen) atoms. The molecule has 4 nitrogen and oxygen atoms in total. The Morgan fingerprint density at radius 2 is 2.00 bits per heavy atom. The van der Waals surface area contributed by atoms with Gasteiger partial charge in [-0.05, 0) is 19.4 Å². The molecule has 0 spiro atoms. The molecule has 0 radical (unpaired) electrons. The SMILES string of the molecule is CC1(C)CN(C(Cc2ccccc2)C(N)=O)C1=O. The second kappa shape index (κ2) is 4.44. The van der Waals surface area contributed by atoms with Crippen molar-refractivity contribution >= 4 is 11.8 Å². The van der Waals surface area contributed by atoms with E-state index in [1.165, 1.54) is 0 Å². The number of likely N-dealkylation sites (tertiary alicyclic amines) is 1. The fourth-order valence-corrected chi connectivity index (χ4v) is 2.32. The van der Waals surface area contributed by atoms with Crippen molar-refractivity contribution in [3.05, 3.63) is 35.9 Å². The summed E-state index contributed by atoms with van der Waals surface area (Å²) in [5.41, 5.74) is 6.07. The number of amides is 2. The standard InChI is InChI=1S/C14H18N2O2/c1-14(2)9-16(13(14)18)11(12(15)17)8-10-6-4-3-5-7-10/h3-7,11H,8-9H2,1-2H3,(H2,15,17). The Morgan fingerprint density at radius 3 is 2.44 bits per heavy atom. The first-order valence-corrected chi connectivity index (χ1v) is 6.06. The highest BCUT2D eigenvalue weighted by Gasteiger charge is 2.48. The van der Waals surface area contributed by atoms with Gasteiger partial charge in [0.15, 0.2) is 0 Å². The van der Waals surface area contributed by atoms with E-state index in [-0.39, 0.29) is 11.3 Å². The largest absolute Gasteiger partial charge is 0.368 e. The molecule has 1 aromatic carbocycles. The van der Waals surface area contributed by atoms with Crippen molar-refractivity contribution in [1.82, 2.24) is 4.90 Å². The average Bonchev–Trinajstić information content (AvgIpc) is 2.34. The zero-order chi connectivity index (χ0) is 13.3. The summed E-state index contributed by atoms with van der Waals surface area (Å²) in [4.78, 5) is 25.0. The first-order chi connectivity index (χ1) is 8.42. The number of primary amides is 1. The Morgan fingerprint density at radius 1 is 1.39 bits per heavy atom. The summed E-state index contributed by atoms with van der Waals surface area (Å²) in [5.74, 6) is -0.440. The molecule has 2 N–H and O–H groups in total. The highest BCUT2D eigenvalue weighted by Crippen LogP contribution is 2.33. The summed E-state index contributed by atoms with van der Waals surface area (Å²) in [5, 5.41) is 0. The van der Waals surface area contributed by atoms with Crippen LogP contribution in [0.25, 0.3) is 0 Å². The van der Waals surface area contributed by atoms with Crippen LogP contribution in [-0.2, 0) is 16.0 Å². The van der Waals surface area contributed by atoms with Crippen LogP contribution in [0.5, 0.6) is 0 Å². The summed E-state index contributed by atoms with van der Waals surface area (Å²) in [6, 6.07) is 9.08. The number of benzene rings is 1. The number of nitrogens with two attached hydrogens (primary N) is 1. The predicted molar refractivity (Wildman–Crippen MR) is 68.6 cm³/mol. The van der Waals surface area contributed by atoms with Crippen LogP contribution in [0.4, 0.5) is 0 Å². The van der Waals surface area contributed by atoms with E-state index in [1.54, 1.807) is 4.90 Å². The van der Waals surface area contributed by atoms with Crippen molar-refractivity contribution < 1.29 is 9.59 Å². The van der Waals surface area contributed by atoms with E-state index in [1.807, 2.05) is 44.2 Å². The molecule has 4 heteroatoms. The number of carbonyl (C=O) groups excluding carboxylic acids is 2. The molecule has 1 fully saturated rings.